The molecule has 1 radical (unpaired) electrons. The Bertz CT molecular complexity index is 1100. The fourth-order valence-corrected chi connectivity index (χ4v) is 3.78. The van der Waals surface area contributed by atoms with Gasteiger partial charge in [-0.15, -0.1) is 0 Å². The molecule has 1 aliphatic rings. The van der Waals surface area contributed by atoms with Gasteiger partial charge in [-0.1, -0.05) is 49.2 Å². The van der Waals surface area contributed by atoms with Gasteiger partial charge in [-0.2, -0.15) is 0 Å². The fraction of sp³-hybridized carbons (Fsp3) is 0.250. The number of hydrogen-bond donors (Lipinski definition) is 3. The number of aryl methyl sites for hydroxylation is 2. The van der Waals surface area contributed by atoms with E-state index in [-0.39, 0.29) is 17.1 Å². The standard InChI is InChI=1S/C26H26N2O2.C2H4O2.Mn/c29-25-19-9-3-1-2-4-10-20-12-8-14-22(26(20)30)18-28-24-16-6-5-15-23(24)27-17-21(25)13-7-11-19;1-2(3)4;/h5-8,11-18,29-30H,1-4,9-10H2;1H3,(H,3,4);. The van der Waals surface area contributed by atoms with Crippen molar-refractivity contribution in [2.75, 3.05) is 0 Å². The zero-order chi connectivity index (χ0) is 24.3. The minimum Gasteiger partial charge on any atom is -0.507 e. The molecule has 3 aromatic carbocycles. The van der Waals surface area contributed by atoms with E-state index < -0.39 is 5.97 Å². The van der Waals surface area contributed by atoms with E-state index in [2.05, 4.69) is 9.98 Å². The molecule has 183 valence electrons. The monoisotopic (exact) mass is 513 g/mol. The summed E-state index contributed by atoms with van der Waals surface area (Å²) >= 11 is 0. The third-order valence-electron chi connectivity index (χ3n) is 5.51. The molecule has 6 nitrogen and oxygen atoms in total. The molecule has 0 aromatic heterocycles. The molecule has 3 N–H and O–H groups in total. The Morgan fingerprint density at radius 3 is 1.49 bits per heavy atom. The number of fused-ring (bicyclic) bond motifs is 5. The minimum absolute atomic E-state index is 0. The number of benzene rings is 3. The quantitative estimate of drug-likeness (QED) is 0.305. The fourth-order valence-electron chi connectivity index (χ4n) is 3.78. The molecule has 7 heteroatoms. The van der Waals surface area contributed by atoms with E-state index in [1.54, 1.807) is 12.4 Å². The number of aromatic hydroxyl groups is 2. The first kappa shape index (κ1) is 27.8. The third-order valence-corrected chi connectivity index (χ3v) is 5.51. The normalized spacial score (nSPS) is 13.2. The molecule has 4 rings (SSSR count). The number of carboxylic acid groups (broad SMARTS) is 1. The van der Waals surface area contributed by atoms with Gasteiger partial charge in [0.2, 0.25) is 0 Å². The van der Waals surface area contributed by atoms with Crippen LogP contribution >= 0.6 is 0 Å². The summed E-state index contributed by atoms with van der Waals surface area (Å²) in [5.74, 6) is -0.216. The van der Waals surface area contributed by atoms with Crippen molar-refractivity contribution in [2.45, 2.75) is 45.4 Å². The van der Waals surface area contributed by atoms with Gasteiger partial charge >= 0.3 is 0 Å². The largest absolute Gasteiger partial charge is 0.507 e. The summed E-state index contributed by atoms with van der Waals surface area (Å²) in [4.78, 5) is 18.2. The number of hydrogen-bond acceptors (Lipinski definition) is 5. The molecule has 4 bridgehead atoms. The van der Waals surface area contributed by atoms with Gasteiger partial charge < -0.3 is 15.3 Å². The van der Waals surface area contributed by atoms with Gasteiger partial charge in [-0.05, 0) is 61.1 Å². The Kier molecular flexibility index (Phi) is 11.2. The molecule has 0 fully saturated rings. The summed E-state index contributed by atoms with van der Waals surface area (Å²) in [6.45, 7) is 1.08. The summed E-state index contributed by atoms with van der Waals surface area (Å²) in [6, 6.07) is 19.2. The van der Waals surface area contributed by atoms with Crippen LogP contribution in [0.1, 0.15) is 54.9 Å². The first-order chi connectivity index (χ1) is 16.5. The third kappa shape index (κ3) is 8.39. The van der Waals surface area contributed by atoms with E-state index in [0.29, 0.717) is 34.0 Å². The molecule has 0 saturated heterocycles. The van der Waals surface area contributed by atoms with Crippen molar-refractivity contribution in [3.63, 3.8) is 0 Å². The Balaban J connectivity index is 0.000000804. The second kappa shape index (κ2) is 14.1. The molecule has 0 amide bonds. The number of carbonyl (C=O) groups is 1. The van der Waals surface area contributed by atoms with Crippen LogP contribution in [0.5, 0.6) is 11.5 Å². The van der Waals surface area contributed by atoms with E-state index in [4.69, 9.17) is 9.90 Å². The van der Waals surface area contributed by atoms with Crippen molar-refractivity contribution >= 4 is 29.8 Å². The van der Waals surface area contributed by atoms with E-state index in [1.165, 1.54) is 0 Å². The predicted molar refractivity (Wildman–Crippen MR) is 136 cm³/mol. The van der Waals surface area contributed by atoms with E-state index >= 15 is 0 Å². The summed E-state index contributed by atoms with van der Waals surface area (Å²) < 4.78 is 0. The zero-order valence-electron chi connectivity index (χ0n) is 19.7. The number of phenols is 2. The molecule has 1 heterocycles. The van der Waals surface area contributed by atoms with Crippen molar-refractivity contribution in [1.29, 1.82) is 0 Å². The van der Waals surface area contributed by atoms with Gasteiger partial charge in [0.05, 0.1) is 11.4 Å². The van der Waals surface area contributed by atoms with Gasteiger partial charge in [0.15, 0.2) is 0 Å². The summed E-state index contributed by atoms with van der Waals surface area (Å²) in [6.07, 6.45) is 9.29. The van der Waals surface area contributed by atoms with Crippen molar-refractivity contribution in [3.05, 3.63) is 82.9 Å². The summed E-state index contributed by atoms with van der Waals surface area (Å²) in [5.41, 5.74) is 4.73. The number of aliphatic carboxylic acids is 1. The summed E-state index contributed by atoms with van der Waals surface area (Å²) in [7, 11) is 0. The molecule has 0 atom stereocenters. The van der Waals surface area contributed by atoms with Crippen molar-refractivity contribution in [2.24, 2.45) is 9.98 Å². The van der Waals surface area contributed by atoms with Gasteiger partial charge in [-0.3, -0.25) is 14.8 Å². The first-order valence-electron chi connectivity index (χ1n) is 11.4. The van der Waals surface area contributed by atoms with Crippen molar-refractivity contribution in [3.8, 4) is 11.5 Å². The number of rotatable bonds is 0. The number of aliphatic imine (C=N–C) groups is 2. The Hall–Kier alpha value is -3.41. The molecule has 35 heavy (non-hydrogen) atoms. The minimum atomic E-state index is -0.833. The number of nitrogens with zero attached hydrogens (tertiary/aromatic N) is 2. The van der Waals surface area contributed by atoms with E-state index in [9.17, 15) is 10.2 Å². The molecule has 0 unspecified atom stereocenters. The SMILES string of the molecule is CC(=O)O.Oc1c2cccc1CCCCCCc1cccc(c1O)C=Nc1ccccc1N=C2.[Mn]. The molecular weight excluding hydrogens is 483 g/mol. The Morgan fingerprint density at radius 2 is 1.09 bits per heavy atom. The maximum atomic E-state index is 10.7. The van der Waals surface area contributed by atoms with Crippen molar-refractivity contribution in [1.82, 2.24) is 0 Å². The maximum Gasteiger partial charge on any atom is 0.300 e. The molecule has 1 aliphatic heterocycles. The number of carboxylic acids is 1. The van der Waals surface area contributed by atoms with Crippen LogP contribution in [0.2, 0.25) is 0 Å². The Morgan fingerprint density at radius 1 is 0.686 bits per heavy atom. The van der Waals surface area contributed by atoms with Crippen molar-refractivity contribution < 1.29 is 37.2 Å². The molecule has 3 aromatic rings. The van der Waals surface area contributed by atoms with Crippen LogP contribution in [0.3, 0.4) is 0 Å². The first-order valence-corrected chi connectivity index (χ1v) is 11.4. The van der Waals surface area contributed by atoms with Crippen LogP contribution in [0, 0.1) is 0 Å². The van der Waals surface area contributed by atoms with Gasteiger partial charge in [0, 0.05) is 47.5 Å². The van der Waals surface area contributed by atoms with Crippen LogP contribution in [0.4, 0.5) is 11.4 Å². The maximum absolute atomic E-state index is 10.7. The predicted octanol–water partition coefficient (Wildman–Crippen LogP) is 6.35. The number of para-hydroxylation sites is 4. The van der Waals surface area contributed by atoms with Crippen LogP contribution < -0.4 is 0 Å². The molecule has 0 spiro atoms. The zero-order valence-corrected chi connectivity index (χ0v) is 20.9. The average molecular weight is 513 g/mol. The van der Waals surface area contributed by atoms with E-state index in [0.717, 1.165) is 56.6 Å². The van der Waals surface area contributed by atoms with Gasteiger partial charge in [0.25, 0.3) is 5.97 Å². The van der Waals surface area contributed by atoms with Crippen LogP contribution in [0.25, 0.3) is 0 Å². The molecule has 0 saturated carbocycles. The Labute approximate surface area is 216 Å². The number of phenolic OH excluding ortho intramolecular Hbond substituents is 2. The second-order valence-electron chi connectivity index (χ2n) is 8.15. The van der Waals surface area contributed by atoms with Crippen LogP contribution in [-0.4, -0.2) is 33.7 Å². The average Bonchev–Trinajstić information content (AvgIpc) is 2.81. The van der Waals surface area contributed by atoms with Crippen LogP contribution in [0.15, 0.2) is 70.6 Å². The van der Waals surface area contributed by atoms with E-state index in [1.807, 2.05) is 60.7 Å². The smallest absolute Gasteiger partial charge is 0.300 e. The second-order valence-corrected chi connectivity index (χ2v) is 8.15. The topological polar surface area (TPSA) is 102 Å². The van der Waals surface area contributed by atoms with Gasteiger partial charge in [0.1, 0.15) is 11.5 Å². The van der Waals surface area contributed by atoms with Crippen LogP contribution in [-0.2, 0) is 34.7 Å². The van der Waals surface area contributed by atoms with Gasteiger partial charge in [-0.25, -0.2) is 0 Å². The molecule has 0 aliphatic carbocycles. The molecular formula is C28H30MnN2O4. The summed E-state index contributed by atoms with van der Waals surface area (Å²) in [5, 5.41) is 28.7.